The molecule has 0 fully saturated rings. The fourth-order valence-corrected chi connectivity index (χ4v) is 4.46. The van der Waals surface area contributed by atoms with E-state index in [1.807, 2.05) is 35.2 Å². The number of hydrogen-bond donors (Lipinski definition) is 2. The van der Waals surface area contributed by atoms with E-state index in [-0.39, 0.29) is 31.2 Å². The van der Waals surface area contributed by atoms with Crippen molar-refractivity contribution in [2.45, 2.75) is 32.2 Å². The molecular weight excluding hydrogens is 530 g/mol. The molecule has 0 radical (unpaired) electrons. The van der Waals surface area contributed by atoms with Crippen LogP contribution >= 0.6 is 12.2 Å². The first kappa shape index (κ1) is 31.6. The van der Waals surface area contributed by atoms with Crippen LogP contribution in [0.2, 0.25) is 0 Å². The Morgan fingerprint density at radius 2 is 1.30 bits per heavy atom. The number of aryl methyl sites for hydroxylation is 2. The van der Waals surface area contributed by atoms with Gasteiger partial charge < -0.3 is 34.5 Å². The van der Waals surface area contributed by atoms with E-state index in [2.05, 4.69) is 41.1 Å². The standard InChI is InChI=1S/C30H41N3O6S/c34-29(12-15-36-17-19-38-21-22-39-20-18-37-16-14-31-24-40)32-13-11-30(35)33-23-27-7-2-1-5-25(27)9-10-26-6-3-4-8-28(26)33/h1-8,24H,9-23H2,(H,31,40)(H,32,34). The summed E-state index contributed by atoms with van der Waals surface area (Å²) in [5, 5.41) is 5.72. The summed E-state index contributed by atoms with van der Waals surface area (Å²) in [4.78, 5) is 27.3. The molecule has 0 saturated heterocycles. The third kappa shape index (κ3) is 11.7. The van der Waals surface area contributed by atoms with Crippen molar-refractivity contribution in [1.82, 2.24) is 10.6 Å². The Kier molecular flexibility index (Phi) is 15.2. The number of para-hydroxylation sites is 1. The molecule has 2 N–H and O–H groups in total. The Morgan fingerprint density at radius 3 is 2.00 bits per heavy atom. The normalized spacial score (nSPS) is 12.6. The number of thiocarbonyl (C=S) groups is 1. The molecule has 0 aliphatic carbocycles. The molecular formula is C30H41N3O6S. The molecule has 10 heteroatoms. The second-order valence-electron chi connectivity index (χ2n) is 9.25. The molecule has 0 saturated carbocycles. The van der Waals surface area contributed by atoms with Crippen molar-refractivity contribution in [1.29, 1.82) is 0 Å². The molecule has 0 spiro atoms. The highest BCUT2D eigenvalue weighted by Crippen LogP contribution is 2.28. The highest BCUT2D eigenvalue weighted by atomic mass is 32.1. The fraction of sp³-hybridized carbons (Fsp3) is 0.500. The fourth-order valence-electron chi connectivity index (χ4n) is 4.34. The summed E-state index contributed by atoms with van der Waals surface area (Å²) in [5.41, 5.74) is 6.03. The number of benzene rings is 2. The van der Waals surface area contributed by atoms with E-state index < -0.39 is 0 Å². The maximum atomic E-state index is 13.2. The van der Waals surface area contributed by atoms with Gasteiger partial charge in [-0.2, -0.15) is 0 Å². The SMILES string of the molecule is O=C(CCOCCOCCOCCOCCNC=S)NCCC(=O)N1Cc2ccccc2CCc2ccccc21. The number of hydrogen-bond acceptors (Lipinski definition) is 7. The van der Waals surface area contributed by atoms with Crippen LogP contribution in [0.3, 0.4) is 0 Å². The molecule has 2 amide bonds. The van der Waals surface area contributed by atoms with E-state index in [4.69, 9.17) is 18.9 Å². The van der Waals surface area contributed by atoms with E-state index in [0.717, 1.165) is 18.5 Å². The van der Waals surface area contributed by atoms with Gasteiger partial charge in [-0.3, -0.25) is 9.59 Å². The number of nitrogens with zero attached hydrogens (tertiary/aromatic N) is 1. The van der Waals surface area contributed by atoms with Crippen molar-refractivity contribution in [3.05, 3.63) is 65.2 Å². The topological polar surface area (TPSA) is 98.4 Å². The van der Waals surface area contributed by atoms with Gasteiger partial charge in [0.2, 0.25) is 11.8 Å². The van der Waals surface area contributed by atoms with Gasteiger partial charge in [0.25, 0.3) is 0 Å². The predicted molar refractivity (Wildman–Crippen MR) is 159 cm³/mol. The molecule has 2 aromatic carbocycles. The van der Waals surface area contributed by atoms with Gasteiger partial charge in [0.1, 0.15) is 0 Å². The van der Waals surface area contributed by atoms with Crippen LogP contribution in [0.25, 0.3) is 0 Å². The Labute approximate surface area is 242 Å². The number of carbonyl (C=O) groups is 2. The lowest BCUT2D eigenvalue weighted by atomic mass is 9.95. The zero-order chi connectivity index (χ0) is 28.3. The molecule has 40 heavy (non-hydrogen) atoms. The second kappa shape index (κ2) is 19.2. The third-order valence-electron chi connectivity index (χ3n) is 6.42. The molecule has 1 heterocycles. The van der Waals surface area contributed by atoms with Gasteiger partial charge in [0, 0.05) is 31.6 Å². The summed E-state index contributed by atoms with van der Waals surface area (Å²) in [6, 6.07) is 16.4. The number of rotatable bonds is 19. The van der Waals surface area contributed by atoms with Gasteiger partial charge in [0.15, 0.2) is 0 Å². The highest BCUT2D eigenvalue weighted by Gasteiger charge is 2.22. The van der Waals surface area contributed by atoms with Crippen LogP contribution in [-0.2, 0) is 47.9 Å². The van der Waals surface area contributed by atoms with Gasteiger partial charge >= 0.3 is 0 Å². The molecule has 0 unspecified atom stereocenters. The highest BCUT2D eigenvalue weighted by molar-refractivity contribution is 7.78. The van der Waals surface area contributed by atoms with Crippen molar-refractivity contribution in [2.75, 3.05) is 70.8 Å². The van der Waals surface area contributed by atoms with Crippen molar-refractivity contribution in [3.8, 4) is 0 Å². The Bertz CT molecular complexity index is 1050. The van der Waals surface area contributed by atoms with Crippen LogP contribution in [-0.4, -0.2) is 83.3 Å². The lowest BCUT2D eigenvalue weighted by Crippen LogP contribution is -2.35. The Hall–Kier alpha value is -2.89. The molecule has 1 aliphatic heterocycles. The van der Waals surface area contributed by atoms with Crippen molar-refractivity contribution in [3.63, 3.8) is 0 Å². The number of fused-ring (bicyclic) bond motifs is 2. The molecule has 0 atom stereocenters. The number of anilines is 1. The molecule has 0 aromatic heterocycles. The maximum Gasteiger partial charge on any atom is 0.229 e. The van der Waals surface area contributed by atoms with Gasteiger partial charge in [-0.25, -0.2) is 0 Å². The Morgan fingerprint density at radius 1 is 0.725 bits per heavy atom. The molecule has 0 bridgehead atoms. The summed E-state index contributed by atoms with van der Waals surface area (Å²) < 4.78 is 21.7. The summed E-state index contributed by atoms with van der Waals surface area (Å²) in [7, 11) is 0. The summed E-state index contributed by atoms with van der Waals surface area (Å²) in [6.45, 7) is 5.22. The van der Waals surface area contributed by atoms with E-state index in [1.54, 1.807) is 0 Å². The summed E-state index contributed by atoms with van der Waals surface area (Å²) in [5.74, 6) is -0.144. The number of amides is 2. The molecule has 1 aliphatic rings. The van der Waals surface area contributed by atoms with Gasteiger partial charge in [-0.05, 0) is 35.6 Å². The number of carbonyl (C=O) groups excluding carboxylic acids is 2. The second-order valence-corrected chi connectivity index (χ2v) is 9.48. The van der Waals surface area contributed by atoms with Crippen LogP contribution in [0.1, 0.15) is 29.5 Å². The predicted octanol–water partition coefficient (Wildman–Crippen LogP) is 2.83. The largest absolute Gasteiger partial charge is 0.380 e. The zero-order valence-corrected chi connectivity index (χ0v) is 23.9. The molecule has 3 rings (SSSR count). The van der Waals surface area contributed by atoms with Crippen LogP contribution in [0, 0.1) is 0 Å². The van der Waals surface area contributed by atoms with E-state index >= 15 is 0 Å². The third-order valence-corrected chi connectivity index (χ3v) is 6.59. The van der Waals surface area contributed by atoms with Gasteiger partial charge in [-0.1, -0.05) is 54.7 Å². The minimum atomic E-state index is -0.138. The van der Waals surface area contributed by atoms with E-state index in [9.17, 15) is 9.59 Å². The Balaban J connectivity index is 1.24. The monoisotopic (exact) mass is 571 g/mol. The van der Waals surface area contributed by atoms with Crippen molar-refractivity contribution >= 4 is 35.2 Å². The van der Waals surface area contributed by atoms with Crippen molar-refractivity contribution in [2.24, 2.45) is 0 Å². The molecule has 2 aromatic rings. The van der Waals surface area contributed by atoms with Gasteiger partial charge in [0.05, 0.1) is 64.9 Å². The molecule has 218 valence electrons. The van der Waals surface area contributed by atoms with Gasteiger partial charge in [-0.15, -0.1) is 0 Å². The first-order valence-electron chi connectivity index (χ1n) is 13.9. The minimum Gasteiger partial charge on any atom is -0.380 e. The van der Waals surface area contributed by atoms with Crippen LogP contribution in [0.15, 0.2) is 48.5 Å². The minimum absolute atomic E-state index is 0.00584. The number of ether oxygens (including phenoxy) is 4. The van der Waals surface area contributed by atoms with Crippen LogP contribution < -0.4 is 15.5 Å². The first-order chi connectivity index (χ1) is 19.7. The lowest BCUT2D eigenvalue weighted by Gasteiger charge is -2.29. The lowest BCUT2D eigenvalue weighted by molar-refractivity contribution is -0.122. The smallest absolute Gasteiger partial charge is 0.229 e. The average molecular weight is 572 g/mol. The zero-order valence-electron chi connectivity index (χ0n) is 23.1. The summed E-state index contributed by atoms with van der Waals surface area (Å²) >= 11 is 4.65. The van der Waals surface area contributed by atoms with Crippen molar-refractivity contribution < 1.29 is 28.5 Å². The molecule has 9 nitrogen and oxygen atoms in total. The van der Waals surface area contributed by atoms with Crippen LogP contribution in [0.4, 0.5) is 5.69 Å². The van der Waals surface area contributed by atoms with E-state index in [1.165, 1.54) is 22.2 Å². The van der Waals surface area contributed by atoms with E-state index in [0.29, 0.717) is 65.9 Å². The maximum absolute atomic E-state index is 13.2. The average Bonchev–Trinajstić information content (AvgIpc) is 2.96. The quantitative estimate of drug-likeness (QED) is 0.196. The summed E-state index contributed by atoms with van der Waals surface area (Å²) in [6.07, 6.45) is 2.31. The van der Waals surface area contributed by atoms with Crippen LogP contribution in [0.5, 0.6) is 0 Å². The number of nitrogens with one attached hydrogen (secondary N) is 2. The first-order valence-corrected chi connectivity index (χ1v) is 14.4.